The van der Waals surface area contributed by atoms with Crippen LogP contribution in [0.25, 0.3) is 11.1 Å². The van der Waals surface area contributed by atoms with E-state index in [1.165, 1.54) is 0 Å². The van der Waals surface area contributed by atoms with Crippen LogP contribution in [0.5, 0.6) is 5.75 Å². The maximum atomic E-state index is 12.5. The molecule has 7 heteroatoms. The number of amides is 2. The van der Waals surface area contributed by atoms with E-state index >= 15 is 0 Å². The summed E-state index contributed by atoms with van der Waals surface area (Å²) in [5.41, 5.74) is 2.96. The number of carbonyl (C=O) groups excluding carboxylic acids is 2. The standard InChI is InChI=1S/C25H25BrN2O4/c1-31-15-7-14-27-25(30)20-10-5-6-11-22(20)28-24(29)17-32-23-13-12-19(16-21(23)26)18-8-3-2-4-9-18/h2-6,8-13,16H,7,14-15,17H2,1H3,(H,27,30)(H,28,29). The highest BCUT2D eigenvalue weighted by atomic mass is 79.9. The molecule has 0 saturated heterocycles. The van der Waals surface area contributed by atoms with Crippen molar-refractivity contribution in [2.45, 2.75) is 6.42 Å². The summed E-state index contributed by atoms with van der Waals surface area (Å²) < 4.78 is 11.4. The van der Waals surface area contributed by atoms with E-state index in [4.69, 9.17) is 9.47 Å². The topological polar surface area (TPSA) is 76.7 Å². The average Bonchev–Trinajstić information content (AvgIpc) is 2.82. The molecule has 0 radical (unpaired) electrons. The fraction of sp³-hybridized carbons (Fsp3) is 0.200. The van der Waals surface area contributed by atoms with Gasteiger partial charge in [0.1, 0.15) is 5.75 Å². The normalized spacial score (nSPS) is 10.4. The van der Waals surface area contributed by atoms with E-state index in [-0.39, 0.29) is 18.4 Å². The molecule has 0 saturated carbocycles. The van der Waals surface area contributed by atoms with Gasteiger partial charge in [-0.05, 0) is 57.7 Å². The van der Waals surface area contributed by atoms with E-state index in [2.05, 4.69) is 26.6 Å². The number of ether oxygens (including phenoxy) is 2. The summed E-state index contributed by atoms with van der Waals surface area (Å²) in [6.07, 6.45) is 0.711. The number of anilines is 1. The van der Waals surface area contributed by atoms with Crippen LogP contribution in [-0.2, 0) is 9.53 Å². The number of hydrogen-bond acceptors (Lipinski definition) is 4. The second kappa shape index (κ2) is 12.0. The Morgan fingerprint density at radius 2 is 1.69 bits per heavy atom. The molecule has 0 aliphatic heterocycles. The summed E-state index contributed by atoms with van der Waals surface area (Å²) in [5, 5.41) is 5.58. The van der Waals surface area contributed by atoms with Crippen LogP contribution in [-0.4, -0.2) is 38.7 Å². The van der Waals surface area contributed by atoms with Gasteiger partial charge in [-0.15, -0.1) is 0 Å². The molecule has 0 aromatic heterocycles. The van der Waals surface area contributed by atoms with Crippen molar-refractivity contribution < 1.29 is 19.1 Å². The van der Waals surface area contributed by atoms with Crippen LogP contribution in [0.4, 0.5) is 5.69 Å². The van der Waals surface area contributed by atoms with Crippen molar-refractivity contribution in [3.8, 4) is 16.9 Å². The predicted octanol–water partition coefficient (Wildman–Crippen LogP) is 4.90. The number of rotatable bonds is 10. The van der Waals surface area contributed by atoms with Gasteiger partial charge in [0.25, 0.3) is 11.8 Å². The number of methoxy groups -OCH3 is 1. The highest BCUT2D eigenvalue weighted by molar-refractivity contribution is 9.10. The molecule has 3 aromatic rings. The molecule has 166 valence electrons. The van der Waals surface area contributed by atoms with Crippen molar-refractivity contribution in [3.63, 3.8) is 0 Å². The van der Waals surface area contributed by atoms with E-state index in [0.717, 1.165) is 15.6 Å². The van der Waals surface area contributed by atoms with E-state index in [1.54, 1.807) is 31.4 Å². The SMILES string of the molecule is COCCCNC(=O)c1ccccc1NC(=O)COc1ccc(-c2ccccc2)cc1Br. The first-order valence-electron chi connectivity index (χ1n) is 10.2. The maximum Gasteiger partial charge on any atom is 0.262 e. The number of hydrogen-bond donors (Lipinski definition) is 2. The van der Waals surface area contributed by atoms with E-state index < -0.39 is 0 Å². The molecule has 0 atom stereocenters. The second-order valence-corrected chi connectivity index (χ2v) is 7.85. The molecule has 0 fully saturated rings. The van der Waals surface area contributed by atoms with Crippen molar-refractivity contribution in [2.75, 3.05) is 32.2 Å². The Morgan fingerprint density at radius 3 is 2.44 bits per heavy atom. The molecule has 0 bridgehead atoms. The zero-order chi connectivity index (χ0) is 22.8. The number of para-hydroxylation sites is 1. The number of benzene rings is 3. The zero-order valence-corrected chi connectivity index (χ0v) is 19.4. The van der Waals surface area contributed by atoms with E-state index in [1.807, 2.05) is 48.5 Å². The lowest BCUT2D eigenvalue weighted by atomic mass is 10.1. The summed E-state index contributed by atoms with van der Waals surface area (Å²) in [6.45, 7) is 0.871. The second-order valence-electron chi connectivity index (χ2n) is 7.00. The molecular formula is C25H25BrN2O4. The molecule has 3 aromatic carbocycles. The van der Waals surface area contributed by atoms with Gasteiger partial charge in [0.15, 0.2) is 6.61 Å². The third-order valence-corrected chi connectivity index (χ3v) is 5.27. The first-order chi connectivity index (χ1) is 15.6. The monoisotopic (exact) mass is 496 g/mol. The van der Waals surface area contributed by atoms with Gasteiger partial charge in [-0.1, -0.05) is 48.5 Å². The largest absolute Gasteiger partial charge is 0.483 e. The first kappa shape index (κ1) is 23.5. The third-order valence-electron chi connectivity index (χ3n) is 4.65. The van der Waals surface area contributed by atoms with Gasteiger partial charge in [0.05, 0.1) is 15.7 Å². The van der Waals surface area contributed by atoms with Crippen molar-refractivity contribution in [3.05, 3.63) is 82.8 Å². The quantitative estimate of drug-likeness (QED) is 0.391. The zero-order valence-electron chi connectivity index (χ0n) is 17.8. The minimum Gasteiger partial charge on any atom is -0.483 e. The van der Waals surface area contributed by atoms with Gasteiger partial charge in [-0.2, -0.15) is 0 Å². The van der Waals surface area contributed by atoms with Crippen LogP contribution in [0.2, 0.25) is 0 Å². The van der Waals surface area contributed by atoms with Gasteiger partial charge in [-0.25, -0.2) is 0 Å². The lowest BCUT2D eigenvalue weighted by molar-refractivity contribution is -0.118. The minimum absolute atomic E-state index is 0.187. The fourth-order valence-corrected chi connectivity index (χ4v) is 3.55. The molecule has 0 aliphatic carbocycles. The Balaban J connectivity index is 1.58. The van der Waals surface area contributed by atoms with Crippen LogP contribution in [0.1, 0.15) is 16.8 Å². The van der Waals surface area contributed by atoms with Gasteiger partial charge < -0.3 is 20.1 Å². The fourth-order valence-electron chi connectivity index (χ4n) is 3.06. The van der Waals surface area contributed by atoms with Gasteiger partial charge >= 0.3 is 0 Å². The molecule has 3 rings (SSSR count). The Bertz CT molecular complexity index is 1060. The summed E-state index contributed by atoms with van der Waals surface area (Å²) in [4.78, 5) is 24.9. The summed E-state index contributed by atoms with van der Waals surface area (Å²) >= 11 is 3.51. The lowest BCUT2D eigenvalue weighted by Crippen LogP contribution is -2.27. The smallest absolute Gasteiger partial charge is 0.262 e. The third kappa shape index (κ3) is 6.67. The minimum atomic E-state index is -0.358. The molecule has 0 unspecified atom stereocenters. The first-order valence-corrected chi connectivity index (χ1v) is 11.0. The molecule has 6 nitrogen and oxygen atoms in total. The van der Waals surface area contributed by atoms with Crippen molar-refractivity contribution >= 4 is 33.4 Å². The van der Waals surface area contributed by atoms with Crippen molar-refractivity contribution in [2.24, 2.45) is 0 Å². The van der Waals surface area contributed by atoms with Crippen molar-refractivity contribution in [1.82, 2.24) is 5.32 Å². The molecule has 2 N–H and O–H groups in total. The Kier molecular flexibility index (Phi) is 8.83. The van der Waals surface area contributed by atoms with Crippen LogP contribution in [0.3, 0.4) is 0 Å². The summed E-state index contributed by atoms with van der Waals surface area (Å²) in [5.74, 6) is -0.0511. The van der Waals surface area contributed by atoms with Gasteiger partial charge in [-0.3, -0.25) is 9.59 Å². The lowest BCUT2D eigenvalue weighted by Gasteiger charge is -2.13. The predicted molar refractivity (Wildman–Crippen MR) is 129 cm³/mol. The van der Waals surface area contributed by atoms with Crippen LogP contribution >= 0.6 is 15.9 Å². The summed E-state index contributed by atoms with van der Waals surface area (Å²) in [6, 6.07) is 22.6. The molecule has 2 amide bonds. The van der Waals surface area contributed by atoms with E-state index in [9.17, 15) is 9.59 Å². The van der Waals surface area contributed by atoms with Crippen LogP contribution < -0.4 is 15.4 Å². The maximum absolute atomic E-state index is 12.5. The molecule has 0 spiro atoms. The van der Waals surface area contributed by atoms with Gasteiger partial charge in [0, 0.05) is 20.3 Å². The van der Waals surface area contributed by atoms with Crippen LogP contribution in [0.15, 0.2) is 77.3 Å². The number of halogens is 1. The Hall–Kier alpha value is -3.16. The van der Waals surface area contributed by atoms with Crippen LogP contribution in [0, 0.1) is 0 Å². The molecule has 32 heavy (non-hydrogen) atoms. The highest BCUT2D eigenvalue weighted by Gasteiger charge is 2.14. The highest BCUT2D eigenvalue weighted by Crippen LogP contribution is 2.30. The molecule has 0 aliphatic rings. The average molecular weight is 497 g/mol. The Labute approximate surface area is 196 Å². The van der Waals surface area contributed by atoms with Gasteiger partial charge in [0.2, 0.25) is 0 Å². The summed E-state index contributed by atoms with van der Waals surface area (Å²) in [7, 11) is 1.62. The van der Waals surface area contributed by atoms with E-state index in [0.29, 0.717) is 36.6 Å². The molecular weight excluding hydrogens is 472 g/mol. The Morgan fingerprint density at radius 1 is 0.938 bits per heavy atom. The number of nitrogens with one attached hydrogen (secondary N) is 2. The van der Waals surface area contributed by atoms with Crippen molar-refractivity contribution in [1.29, 1.82) is 0 Å². The molecule has 0 heterocycles. The number of carbonyl (C=O) groups is 2.